The van der Waals surface area contributed by atoms with Gasteiger partial charge in [-0.15, -0.1) is 0 Å². The van der Waals surface area contributed by atoms with Crippen LogP contribution in [0.25, 0.3) is 22.2 Å². The number of carbonyl (C=O) groups is 1. The smallest absolute Gasteiger partial charge is 0.282 e. The van der Waals surface area contributed by atoms with Crippen molar-refractivity contribution in [2.45, 2.75) is 25.2 Å². The molecule has 0 atom stereocenters. The molecule has 0 radical (unpaired) electrons. The number of carbonyl (C=O) groups excluding carboxylic acids is 1. The van der Waals surface area contributed by atoms with Crippen LogP contribution in [0.1, 0.15) is 46.9 Å². The molecular weight excluding hydrogens is 428 g/mol. The number of hydrogen-bond acceptors (Lipinski definition) is 6. The summed E-state index contributed by atoms with van der Waals surface area (Å²) in [4.78, 5) is 31.8. The molecule has 5 rings (SSSR count). The summed E-state index contributed by atoms with van der Waals surface area (Å²) in [5, 5.41) is 4.66. The van der Waals surface area contributed by atoms with E-state index in [1.807, 2.05) is 18.2 Å². The third-order valence-corrected chi connectivity index (χ3v) is 5.95. The highest BCUT2D eigenvalue weighted by Crippen LogP contribution is 2.30. The first-order valence-electron chi connectivity index (χ1n) is 10.6. The Bertz CT molecular complexity index is 1300. The molecule has 1 saturated heterocycles. The Morgan fingerprint density at radius 3 is 2.58 bits per heavy atom. The summed E-state index contributed by atoms with van der Waals surface area (Å²) < 4.78 is 27.7. The maximum atomic E-state index is 13.2. The van der Waals surface area contributed by atoms with Gasteiger partial charge in [0.05, 0.1) is 5.56 Å². The van der Waals surface area contributed by atoms with Gasteiger partial charge < -0.3 is 4.90 Å². The van der Waals surface area contributed by atoms with E-state index in [9.17, 15) is 13.6 Å². The molecule has 10 heteroatoms. The molecular formula is C23H21F2N7O. The lowest BCUT2D eigenvalue weighted by molar-refractivity contribution is 0.0700. The second-order valence-electron chi connectivity index (χ2n) is 8.10. The highest BCUT2D eigenvalue weighted by molar-refractivity contribution is 5.95. The molecule has 4 aromatic rings. The van der Waals surface area contributed by atoms with E-state index in [2.05, 4.69) is 20.1 Å². The van der Waals surface area contributed by atoms with Crippen LogP contribution in [-0.2, 0) is 7.05 Å². The van der Waals surface area contributed by atoms with Crippen molar-refractivity contribution in [3.63, 3.8) is 0 Å². The Kier molecular flexibility index (Phi) is 5.49. The van der Waals surface area contributed by atoms with Crippen molar-refractivity contribution in [3.05, 3.63) is 66.3 Å². The van der Waals surface area contributed by atoms with E-state index in [4.69, 9.17) is 4.98 Å². The molecule has 168 valence electrons. The minimum absolute atomic E-state index is 0.0291. The topological polar surface area (TPSA) is 89.7 Å². The van der Waals surface area contributed by atoms with Gasteiger partial charge in [-0.3, -0.25) is 9.48 Å². The number of likely N-dealkylation sites (tertiary alicyclic amines) is 1. The SMILES string of the molecule is Cn1cc(C(=O)N2CCC(c3ccc4cc(-c5cncnc5)cnc4n3)CC2)c(C(F)F)n1. The van der Waals surface area contributed by atoms with Gasteiger partial charge in [-0.25, -0.2) is 28.7 Å². The largest absolute Gasteiger partial charge is 0.338 e. The van der Waals surface area contributed by atoms with Gasteiger partial charge in [0.25, 0.3) is 12.3 Å². The van der Waals surface area contributed by atoms with E-state index >= 15 is 0 Å². The van der Waals surface area contributed by atoms with Crippen molar-refractivity contribution in [1.29, 1.82) is 0 Å². The van der Waals surface area contributed by atoms with Crippen LogP contribution in [0.4, 0.5) is 8.78 Å². The van der Waals surface area contributed by atoms with Crippen molar-refractivity contribution in [1.82, 2.24) is 34.6 Å². The summed E-state index contributed by atoms with van der Waals surface area (Å²) >= 11 is 0. The van der Waals surface area contributed by atoms with Crippen LogP contribution in [0.15, 0.2) is 49.3 Å². The van der Waals surface area contributed by atoms with Gasteiger partial charge in [0.15, 0.2) is 5.65 Å². The second kappa shape index (κ2) is 8.61. The minimum Gasteiger partial charge on any atom is -0.338 e. The Labute approximate surface area is 188 Å². The summed E-state index contributed by atoms with van der Waals surface area (Å²) in [7, 11) is 1.53. The predicted molar refractivity (Wildman–Crippen MR) is 117 cm³/mol. The van der Waals surface area contributed by atoms with E-state index in [0.717, 1.165) is 22.2 Å². The lowest BCUT2D eigenvalue weighted by Gasteiger charge is -2.31. The fourth-order valence-corrected chi connectivity index (χ4v) is 4.24. The summed E-state index contributed by atoms with van der Waals surface area (Å²) in [6, 6.07) is 6.00. The van der Waals surface area contributed by atoms with E-state index in [0.29, 0.717) is 31.6 Å². The summed E-state index contributed by atoms with van der Waals surface area (Å²) in [6.07, 6.45) is 6.70. The van der Waals surface area contributed by atoms with Crippen LogP contribution < -0.4 is 0 Å². The highest BCUT2D eigenvalue weighted by atomic mass is 19.3. The molecule has 0 saturated carbocycles. The molecule has 0 aliphatic carbocycles. The third-order valence-electron chi connectivity index (χ3n) is 5.95. The number of aryl methyl sites for hydroxylation is 1. The van der Waals surface area contributed by atoms with Gasteiger partial charge in [-0.05, 0) is 31.0 Å². The number of aromatic nitrogens is 6. The maximum absolute atomic E-state index is 13.2. The molecule has 0 N–H and O–H groups in total. The third kappa shape index (κ3) is 4.15. The van der Waals surface area contributed by atoms with Gasteiger partial charge in [-0.1, -0.05) is 0 Å². The summed E-state index contributed by atoms with van der Waals surface area (Å²) in [6.45, 7) is 0.947. The number of halogens is 2. The van der Waals surface area contributed by atoms with Gasteiger partial charge in [0, 0.05) is 73.0 Å². The van der Waals surface area contributed by atoms with Crippen LogP contribution in [0.2, 0.25) is 0 Å². The van der Waals surface area contributed by atoms with Crippen molar-refractivity contribution in [2.24, 2.45) is 7.05 Å². The number of alkyl halides is 2. The number of nitrogens with zero attached hydrogens (tertiary/aromatic N) is 7. The first kappa shape index (κ1) is 21.0. The lowest BCUT2D eigenvalue weighted by Crippen LogP contribution is -2.38. The maximum Gasteiger partial charge on any atom is 0.282 e. The van der Waals surface area contributed by atoms with Crippen LogP contribution in [0.3, 0.4) is 0 Å². The van der Waals surface area contributed by atoms with E-state index in [1.165, 1.54) is 24.3 Å². The van der Waals surface area contributed by atoms with Crippen molar-refractivity contribution in [2.75, 3.05) is 13.1 Å². The minimum atomic E-state index is -2.79. The van der Waals surface area contributed by atoms with Crippen LogP contribution >= 0.6 is 0 Å². The molecule has 5 heterocycles. The lowest BCUT2D eigenvalue weighted by atomic mass is 9.92. The monoisotopic (exact) mass is 449 g/mol. The van der Waals surface area contributed by atoms with Crippen molar-refractivity contribution >= 4 is 16.9 Å². The zero-order chi connectivity index (χ0) is 22.9. The number of fused-ring (bicyclic) bond motifs is 1. The standard InChI is InChI=1S/C23H21F2N7O/c1-31-12-18(20(30-31)21(24)25)23(33)32-6-4-14(5-7-32)19-3-2-15-8-16(11-28-22(15)29-19)17-9-26-13-27-10-17/h2-3,8-14,21H,4-7H2,1H3. The number of rotatable bonds is 4. The van der Waals surface area contributed by atoms with E-state index in [-0.39, 0.29) is 11.5 Å². The number of amides is 1. The zero-order valence-corrected chi connectivity index (χ0v) is 17.9. The van der Waals surface area contributed by atoms with Gasteiger partial charge >= 0.3 is 0 Å². The Morgan fingerprint density at radius 1 is 1.09 bits per heavy atom. The molecule has 1 aliphatic heterocycles. The molecule has 1 aliphatic rings. The van der Waals surface area contributed by atoms with E-state index < -0.39 is 18.0 Å². The average Bonchev–Trinajstić information content (AvgIpc) is 3.25. The van der Waals surface area contributed by atoms with Crippen LogP contribution in [0, 0.1) is 0 Å². The fraction of sp³-hybridized carbons (Fsp3) is 0.304. The molecule has 8 nitrogen and oxygen atoms in total. The Morgan fingerprint density at radius 2 is 1.85 bits per heavy atom. The van der Waals surface area contributed by atoms with Gasteiger partial charge in [0.2, 0.25) is 0 Å². The van der Waals surface area contributed by atoms with Gasteiger partial charge in [-0.2, -0.15) is 5.10 Å². The molecule has 0 unspecified atom stereocenters. The normalized spacial score (nSPS) is 14.8. The van der Waals surface area contributed by atoms with Gasteiger partial charge in [0.1, 0.15) is 12.0 Å². The second-order valence-corrected chi connectivity index (χ2v) is 8.10. The first-order chi connectivity index (χ1) is 16.0. The Hall–Kier alpha value is -3.82. The molecule has 0 bridgehead atoms. The predicted octanol–water partition coefficient (Wildman–Crippen LogP) is 3.78. The molecule has 1 amide bonds. The zero-order valence-electron chi connectivity index (χ0n) is 17.9. The van der Waals surface area contributed by atoms with Crippen molar-refractivity contribution in [3.8, 4) is 11.1 Å². The summed E-state index contributed by atoms with van der Waals surface area (Å²) in [5.41, 5.74) is 2.89. The fourth-order valence-electron chi connectivity index (χ4n) is 4.24. The molecule has 1 fully saturated rings. The average molecular weight is 449 g/mol. The van der Waals surface area contributed by atoms with Crippen molar-refractivity contribution < 1.29 is 13.6 Å². The molecule has 4 aromatic heterocycles. The molecule has 33 heavy (non-hydrogen) atoms. The van der Waals surface area contributed by atoms with Crippen LogP contribution in [0.5, 0.6) is 0 Å². The van der Waals surface area contributed by atoms with E-state index in [1.54, 1.807) is 23.5 Å². The quantitative estimate of drug-likeness (QED) is 0.471. The molecule has 0 aromatic carbocycles. The number of pyridine rings is 2. The summed E-state index contributed by atoms with van der Waals surface area (Å²) in [5.74, 6) is -0.228. The van der Waals surface area contributed by atoms with Crippen LogP contribution in [-0.4, -0.2) is 53.6 Å². The first-order valence-corrected chi connectivity index (χ1v) is 10.6. The highest BCUT2D eigenvalue weighted by Gasteiger charge is 2.30. The molecule has 0 spiro atoms. The Balaban J connectivity index is 1.30. The number of piperidine rings is 1. The number of hydrogen-bond donors (Lipinski definition) is 0.